The molecular weight excluding hydrogens is 202 g/mol. The normalized spacial score (nSPS) is 34.2. The Morgan fingerprint density at radius 2 is 1.94 bits per heavy atom. The summed E-state index contributed by atoms with van der Waals surface area (Å²) in [4.78, 5) is 14.5. The van der Waals surface area contributed by atoms with Crippen LogP contribution < -0.4 is 0 Å². The van der Waals surface area contributed by atoms with Gasteiger partial charge >= 0.3 is 0 Å². The highest BCUT2D eigenvalue weighted by molar-refractivity contribution is 5.81. The van der Waals surface area contributed by atoms with Crippen molar-refractivity contribution in [1.29, 1.82) is 0 Å². The Kier molecular flexibility index (Phi) is 3.98. The highest BCUT2D eigenvalue weighted by Crippen LogP contribution is 2.37. The van der Waals surface area contributed by atoms with Crippen molar-refractivity contribution in [1.82, 2.24) is 4.90 Å². The van der Waals surface area contributed by atoms with E-state index in [1.807, 2.05) is 6.92 Å². The van der Waals surface area contributed by atoms with Crippen LogP contribution in [0.15, 0.2) is 0 Å². The lowest BCUT2D eigenvalue weighted by Gasteiger charge is -2.35. The van der Waals surface area contributed by atoms with Gasteiger partial charge in [-0.05, 0) is 39.7 Å². The maximum Gasteiger partial charge on any atom is 0.138 e. The zero-order chi connectivity index (χ0) is 11.5. The Labute approximate surface area is 98.1 Å². The predicted molar refractivity (Wildman–Crippen MR) is 63.4 cm³/mol. The van der Waals surface area contributed by atoms with Gasteiger partial charge in [-0.2, -0.15) is 0 Å². The molecule has 0 aliphatic carbocycles. The zero-order valence-corrected chi connectivity index (χ0v) is 10.4. The second-order valence-corrected chi connectivity index (χ2v) is 5.13. The van der Waals surface area contributed by atoms with Gasteiger partial charge in [0, 0.05) is 31.0 Å². The van der Waals surface area contributed by atoms with Crippen LogP contribution in [0.5, 0.6) is 0 Å². The third-order valence-corrected chi connectivity index (χ3v) is 4.25. The van der Waals surface area contributed by atoms with E-state index in [2.05, 4.69) is 11.9 Å². The molecule has 0 amide bonds. The molecule has 3 heteroatoms. The molecule has 0 spiro atoms. The van der Waals surface area contributed by atoms with Gasteiger partial charge in [0.2, 0.25) is 0 Å². The summed E-state index contributed by atoms with van der Waals surface area (Å²) < 4.78 is 5.25. The summed E-state index contributed by atoms with van der Waals surface area (Å²) in [6.45, 7) is 3.29. The van der Waals surface area contributed by atoms with Crippen LogP contribution in [0.2, 0.25) is 0 Å². The average Bonchev–Trinajstić information content (AvgIpc) is 2.53. The number of fused-ring (bicyclic) bond motifs is 2. The number of hydrogen-bond donors (Lipinski definition) is 0. The van der Waals surface area contributed by atoms with Crippen LogP contribution in [-0.2, 0) is 9.53 Å². The number of Topliss-reactive ketones (excluding diaryl/α,β-unsaturated/α-hetero) is 1. The number of nitrogens with zero attached hydrogens (tertiary/aromatic N) is 1. The number of carbonyl (C=O) groups excluding carboxylic acids is 1. The second-order valence-electron chi connectivity index (χ2n) is 5.13. The molecule has 0 aromatic rings. The highest BCUT2D eigenvalue weighted by Gasteiger charge is 2.40. The van der Waals surface area contributed by atoms with Gasteiger partial charge in [-0.25, -0.2) is 0 Å². The molecule has 2 fully saturated rings. The van der Waals surface area contributed by atoms with Crippen molar-refractivity contribution in [2.75, 3.05) is 20.3 Å². The largest absolute Gasteiger partial charge is 0.381 e. The van der Waals surface area contributed by atoms with Gasteiger partial charge in [-0.3, -0.25) is 4.79 Å². The van der Waals surface area contributed by atoms with Crippen LogP contribution in [0, 0.1) is 5.92 Å². The molecule has 0 aromatic heterocycles. The Hall–Kier alpha value is -0.410. The van der Waals surface area contributed by atoms with E-state index in [4.69, 9.17) is 4.74 Å². The van der Waals surface area contributed by atoms with E-state index in [0.717, 1.165) is 12.8 Å². The molecule has 16 heavy (non-hydrogen) atoms. The summed E-state index contributed by atoms with van der Waals surface area (Å²) in [7, 11) is 2.21. The lowest BCUT2D eigenvalue weighted by atomic mass is 9.86. The summed E-state index contributed by atoms with van der Waals surface area (Å²) in [5, 5.41) is 0. The SMILES string of the molecule is CCOCCC(=O)C1CC2CCC(C1)N2C. The molecule has 2 unspecified atom stereocenters. The number of piperidine rings is 1. The molecule has 2 atom stereocenters. The first kappa shape index (κ1) is 12.1. The lowest BCUT2D eigenvalue weighted by Crippen LogP contribution is -2.42. The van der Waals surface area contributed by atoms with Crippen molar-refractivity contribution >= 4 is 5.78 Å². The Morgan fingerprint density at radius 1 is 1.31 bits per heavy atom. The number of ether oxygens (including phenoxy) is 1. The molecule has 2 aliphatic heterocycles. The molecule has 0 saturated carbocycles. The van der Waals surface area contributed by atoms with Gasteiger partial charge in [0.15, 0.2) is 0 Å². The van der Waals surface area contributed by atoms with E-state index >= 15 is 0 Å². The summed E-state index contributed by atoms with van der Waals surface area (Å²) in [5.74, 6) is 0.743. The Bertz CT molecular complexity index is 240. The second kappa shape index (κ2) is 5.28. The van der Waals surface area contributed by atoms with Crippen molar-refractivity contribution in [2.24, 2.45) is 5.92 Å². The standard InChI is InChI=1S/C13H23NO2/c1-3-16-7-6-13(15)10-8-11-4-5-12(9-10)14(11)2/h10-12H,3-9H2,1-2H3. The van der Waals surface area contributed by atoms with Gasteiger partial charge in [-0.15, -0.1) is 0 Å². The molecule has 92 valence electrons. The van der Waals surface area contributed by atoms with Crippen LogP contribution in [-0.4, -0.2) is 43.0 Å². The Morgan fingerprint density at radius 3 is 2.50 bits per heavy atom. The van der Waals surface area contributed by atoms with Crippen molar-refractivity contribution < 1.29 is 9.53 Å². The lowest BCUT2D eigenvalue weighted by molar-refractivity contribution is -0.126. The van der Waals surface area contributed by atoms with Crippen LogP contribution >= 0.6 is 0 Å². The minimum Gasteiger partial charge on any atom is -0.381 e. The summed E-state index contributed by atoms with van der Waals surface area (Å²) in [6.07, 6.45) is 5.35. The fourth-order valence-corrected chi connectivity index (χ4v) is 3.20. The summed E-state index contributed by atoms with van der Waals surface area (Å²) >= 11 is 0. The first-order valence-corrected chi connectivity index (χ1v) is 6.54. The summed E-state index contributed by atoms with van der Waals surface area (Å²) in [5.41, 5.74) is 0. The van der Waals surface area contributed by atoms with Gasteiger partial charge in [0.25, 0.3) is 0 Å². The third-order valence-electron chi connectivity index (χ3n) is 4.25. The molecule has 2 heterocycles. The first-order chi connectivity index (χ1) is 7.72. The van der Waals surface area contributed by atoms with Crippen LogP contribution in [0.1, 0.15) is 39.0 Å². The molecule has 2 bridgehead atoms. The molecule has 0 N–H and O–H groups in total. The van der Waals surface area contributed by atoms with Crippen LogP contribution in [0.3, 0.4) is 0 Å². The number of hydrogen-bond acceptors (Lipinski definition) is 3. The van der Waals surface area contributed by atoms with Crippen molar-refractivity contribution in [3.63, 3.8) is 0 Å². The van der Waals surface area contributed by atoms with Gasteiger partial charge in [0.1, 0.15) is 5.78 Å². The molecule has 0 radical (unpaired) electrons. The fourth-order valence-electron chi connectivity index (χ4n) is 3.20. The molecule has 2 aliphatic rings. The minimum atomic E-state index is 0.314. The molecule has 2 saturated heterocycles. The topological polar surface area (TPSA) is 29.5 Å². The smallest absolute Gasteiger partial charge is 0.138 e. The third kappa shape index (κ3) is 2.46. The first-order valence-electron chi connectivity index (χ1n) is 6.54. The predicted octanol–water partition coefficient (Wildman–Crippen LogP) is 1.85. The maximum absolute atomic E-state index is 12.0. The number of rotatable bonds is 5. The molecular formula is C13H23NO2. The summed E-state index contributed by atoms with van der Waals surface area (Å²) in [6, 6.07) is 1.33. The van der Waals surface area contributed by atoms with Gasteiger partial charge in [-0.1, -0.05) is 0 Å². The Balaban J connectivity index is 1.81. The van der Waals surface area contributed by atoms with E-state index in [0.29, 0.717) is 43.4 Å². The average molecular weight is 225 g/mol. The number of carbonyl (C=O) groups is 1. The van der Waals surface area contributed by atoms with E-state index in [1.54, 1.807) is 0 Å². The molecule has 3 nitrogen and oxygen atoms in total. The fraction of sp³-hybridized carbons (Fsp3) is 0.923. The van der Waals surface area contributed by atoms with Gasteiger partial charge in [0.05, 0.1) is 6.61 Å². The van der Waals surface area contributed by atoms with Crippen molar-refractivity contribution in [3.05, 3.63) is 0 Å². The van der Waals surface area contributed by atoms with Crippen molar-refractivity contribution in [3.8, 4) is 0 Å². The molecule has 2 rings (SSSR count). The van der Waals surface area contributed by atoms with E-state index in [9.17, 15) is 4.79 Å². The van der Waals surface area contributed by atoms with E-state index < -0.39 is 0 Å². The quantitative estimate of drug-likeness (QED) is 0.669. The number of ketones is 1. The van der Waals surface area contributed by atoms with Crippen molar-refractivity contribution in [2.45, 2.75) is 51.1 Å². The van der Waals surface area contributed by atoms with Crippen LogP contribution in [0.4, 0.5) is 0 Å². The minimum absolute atomic E-state index is 0.314. The van der Waals surface area contributed by atoms with E-state index in [1.165, 1.54) is 12.8 Å². The van der Waals surface area contributed by atoms with Gasteiger partial charge < -0.3 is 9.64 Å². The maximum atomic E-state index is 12.0. The monoisotopic (exact) mass is 225 g/mol. The zero-order valence-electron chi connectivity index (χ0n) is 10.4. The van der Waals surface area contributed by atoms with Crippen LogP contribution in [0.25, 0.3) is 0 Å². The van der Waals surface area contributed by atoms with E-state index in [-0.39, 0.29) is 0 Å². The highest BCUT2D eigenvalue weighted by atomic mass is 16.5. The molecule has 0 aromatic carbocycles.